The van der Waals surface area contributed by atoms with E-state index < -0.39 is 0 Å². The monoisotopic (exact) mass is 323 g/mol. The molecule has 2 aromatic rings. The highest BCUT2D eigenvalue weighted by Gasteiger charge is 2.14. The zero-order chi connectivity index (χ0) is 15.6. The number of nitrogen functional groups attached to an aromatic ring is 1. The molecule has 0 fully saturated rings. The lowest BCUT2D eigenvalue weighted by atomic mass is 10.0. The van der Waals surface area contributed by atoms with E-state index in [1.165, 1.54) is 12.1 Å². The molecule has 0 aliphatic carbocycles. The molecule has 0 heterocycles. The van der Waals surface area contributed by atoms with Gasteiger partial charge in [-0.25, -0.2) is 0 Å². The highest BCUT2D eigenvalue weighted by atomic mass is 35.5. The van der Waals surface area contributed by atoms with E-state index in [0.29, 0.717) is 16.9 Å². The predicted octanol–water partition coefficient (Wildman–Crippen LogP) is 4.59. The lowest BCUT2D eigenvalue weighted by Crippen LogP contribution is -2.07. The normalized spacial score (nSPS) is 10.7. The number of rotatable bonds is 4. The molecule has 0 unspecified atom stereocenters. The summed E-state index contributed by atoms with van der Waals surface area (Å²) in [6.07, 6.45) is 0.0377. The Morgan fingerprint density at radius 1 is 1.10 bits per heavy atom. The van der Waals surface area contributed by atoms with Crippen LogP contribution in [-0.4, -0.2) is 11.9 Å². The molecule has 0 saturated heterocycles. The number of carbonyl (C=O) groups excluding carboxylic acids is 1. The van der Waals surface area contributed by atoms with Crippen LogP contribution in [0.25, 0.3) is 0 Å². The average molecular weight is 324 g/mol. The van der Waals surface area contributed by atoms with Gasteiger partial charge in [-0.2, -0.15) is 0 Å². The molecule has 2 rings (SSSR count). The van der Waals surface area contributed by atoms with Crippen LogP contribution < -0.4 is 10.5 Å². The topological polar surface area (TPSA) is 52.3 Å². The standard InChI is InChI=1S/C16H15Cl2NO2/c1-9(2)21-12-5-3-4-10(6-12)16(20)11-7-13(17)15(19)14(18)8-11/h3-9H,19H2,1-2H3. The molecule has 0 radical (unpaired) electrons. The molecular formula is C16H15Cl2NO2. The van der Waals surface area contributed by atoms with Gasteiger partial charge in [0, 0.05) is 11.1 Å². The van der Waals surface area contributed by atoms with Crippen LogP contribution in [0.2, 0.25) is 10.0 Å². The number of hydrogen-bond acceptors (Lipinski definition) is 3. The van der Waals surface area contributed by atoms with Crippen LogP contribution in [0, 0.1) is 0 Å². The number of anilines is 1. The molecular weight excluding hydrogens is 309 g/mol. The fourth-order valence-corrected chi connectivity index (χ4v) is 2.35. The van der Waals surface area contributed by atoms with Crippen molar-refractivity contribution in [3.63, 3.8) is 0 Å². The van der Waals surface area contributed by atoms with Gasteiger partial charge in [0.2, 0.25) is 0 Å². The molecule has 0 amide bonds. The van der Waals surface area contributed by atoms with Gasteiger partial charge in [-0.3, -0.25) is 4.79 Å². The molecule has 0 atom stereocenters. The Balaban J connectivity index is 2.36. The molecule has 21 heavy (non-hydrogen) atoms. The molecule has 5 heteroatoms. The first kappa shape index (κ1) is 15.7. The van der Waals surface area contributed by atoms with E-state index in [2.05, 4.69) is 0 Å². The third-order valence-corrected chi connectivity index (χ3v) is 3.43. The van der Waals surface area contributed by atoms with Gasteiger partial charge in [0.1, 0.15) is 5.75 Å². The van der Waals surface area contributed by atoms with E-state index in [1.807, 2.05) is 13.8 Å². The molecule has 110 valence electrons. The third-order valence-electron chi connectivity index (χ3n) is 2.81. The number of hydrogen-bond donors (Lipinski definition) is 1. The van der Waals surface area contributed by atoms with Crippen molar-refractivity contribution in [3.8, 4) is 5.75 Å². The fourth-order valence-electron chi connectivity index (χ4n) is 1.86. The van der Waals surface area contributed by atoms with Gasteiger partial charge in [-0.1, -0.05) is 35.3 Å². The first-order valence-electron chi connectivity index (χ1n) is 6.44. The summed E-state index contributed by atoms with van der Waals surface area (Å²) in [5, 5.41) is 0.529. The molecule has 0 aromatic heterocycles. The maximum absolute atomic E-state index is 12.5. The molecule has 0 aliphatic heterocycles. The van der Waals surface area contributed by atoms with Crippen molar-refractivity contribution in [2.24, 2.45) is 0 Å². The van der Waals surface area contributed by atoms with Crippen LogP contribution in [0.3, 0.4) is 0 Å². The summed E-state index contributed by atoms with van der Waals surface area (Å²) in [5.41, 5.74) is 6.84. The molecule has 0 bridgehead atoms. The summed E-state index contributed by atoms with van der Waals surface area (Å²) in [7, 11) is 0. The third kappa shape index (κ3) is 3.69. The number of benzene rings is 2. The van der Waals surface area contributed by atoms with E-state index >= 15 is 0 Å². The minimum absolute atomic E-state index is 0.0377. The lowest BCUT2D eigenvalue weighted by Gasteiger charge is -2.11. The van der Waals surface area contributed by atoms with Gasteiger partial charge in [-0.15, -0.1) is 0 Å². The van der Waals surface area contributed by atoms with Crippen LogP contribution in [0.5, 0.6) is 5.75 Å². The molecule has 0 aliphatic rings. The van der Waals surface area contributed by atoms with Crippen molar-refractivity contribution in [2.45, 2.75) is 20.0 Å². The Labute approximate surface area is 133 Å². The van der Waals surface area contributed by atoms with E-state index in [0.717, 1.165) is 0 Å². The van der Waals surface area contributed by atoms with Gasteiger partial charge < -0.3 is 10.5 Å². The fraction of sp³-hybridized carbons (Fsp3) is 0.188. The minimum Gasteiger partial charge on any atom is -0.491 e. The summed E-state index contributed by atoms with van der Waals surface area (Å²) in [4.78, 5) is 12.5. The lowest BCUT2D eigenvalue weighted by molar-refractivity contribution is 0.103. The second-order valence-corrected chi connectivity index (χ2v) is 5.69. The summed E-state index contributed by atoms with van der Waals surface area (Å²) in [6, 6.07) is 10.0. The molecule has 0 saturated carbocycles. The Bertz CT molecular complexity index is 661. The number of ether oxygens (including phenoxy) is 1. The molecule has 2 aromatic carbocycles. The predicted molar refractivity (Wildman–Crippen MR) is 86.5 cm³/mol. The highest BCUT2D eigenvalue weighted by molar-refractivity contribution is 6.39. The van der Waals surface area contributed by atoms with Gasteiger partial charge in [0.05, 0.1) is 21.8 Å². The van der Waals surface area contributed by atoms with Crippen molar-refractivity contribution in [2.75, 3.05) is 5.73 Å². The summed E-state index contributed by atoms with van der Waals surface area (Å²) in [6.45, 7) is 3.85. The SMILES string of the molecule is CC(C)Oc1cccc(C(=O)c2cc(Cl)c(N)c(Cl)c2)c1. The van der Waals surface area contributed by atoms with Crippen molar-refractivity contribution in [1.82, 2.24) is 0 Å². The summed E-state index contributed by atoms with van der Waals surface area (Å²) >= 11 is 11.9. The smallest absolute Gasteiger partial charge is 0.193 e. The van der Waals surface area contributed by atoms with Crippen molar-refractivity contribution in [1.29, 1.82) is 0 Å². The van der Waals surface area contributed by atoms with Gasteiger partial charge in [0.25, 0.3) is 0 Å². The number of halogens is 2. The summed E-state index contributed by atoms with van der Waals surface area (Å²) in [5.74, 6) is 0.455. The quantitative estimate of drug-likeness (QED) is 0.661. The number of ketones is 1. The minimum atomic E-state index is -0.187. The maximum atomic E-state index is 12.5. The van der Waals surface area contributed by atoms with Crippen LogP contribution in [-0.2, 0) is 0 Å². The number of carbonyl (C=O) groups is 1. The average Bonchev–Trinajstić information content (AvgIpc) is 2.43. The Kier molecular flexibility index (Phi) is 4.76. The number of nitrogens with two attached hydrogens (primary N) is 1. The maximum Gasteiger partial charge on any atom is 0.193 e. The Hall–Kier alpha value is -1.71. The first-order valence-corrected chi connectivity index (χ1v) is 7.20. The highest BCUT2D eigenvalue weighted by Crippen LogP contribution is 2.30. The second-order valence-electron chi connectivity index (χ2n) is 4.88. The van der Waals surface area contributed by atoms with Crippen LogP contribution >= 0.6 is 23.2 Å². The first-order chi connectivity index (χ1) is 9.88. The van der Waals surface area contributed by atoms with E-state index in [1.54, 1.807) is 24.3 Å². The zero-order valence-electron chi connectivity index (χ0n) is 11.7. The molecule has 3 nitrogen and oxygen atoms in total. The van der Waals surface area contributed by atoms with E-state index in [-0.39, 0.29) is 27.6 Å². The van der Waals surface area contributed by atoms with Crippen LogP contribution in [0.15, 0.2) is 36.4 Å². The van der Waals surface area contributed by atoms with E-state index in [9.17, 15) is 4.79 Å². The van der Waals surface area contributed by atoms with E-state index in [4.69, 9.17) is 33.7 Å². The largest absolute Gasteiger partial charge is 0.491 e. The van der Waals surface area contributed by atoms with Crippen molar-refractivity contribution in [3.05, 3.63) is 57.6 Å². The van der Waals surface area contributed by atoms with Gasteiger partial charge in [0.15, 0.2) is 5.78 Å². The second kappa shape index (κ2) is 6.37. The van der Waals surface area contributed by atoms with Gasteiger partial charge >= 0.3 is 0 Å². The molecule has 2 N–H and O–H groups in total. The van der Waals surface area contributed by atoms with Gasteiger partial charge in [-0.05, 0) is 38.1 Å². The summed E-state index contributed by atoms with van der Waals surface area (Å²) < 4.78 is 5.58. The zero-order valence-corrected chi connectivity index (χ0v) is 13.2. The van der Waals surface area contributed by atoms with Crippen molar-refractivity contribution < 1.29 is 9.53 Å². The Morgan fingerprint density at radius 2 is 1.71 bits per heavy atom. The Morgan fingerprint density at radius 3 is 2.29 bits per heavy atom. The van der Waals surface area contributed by atoms with Crippen LogP contribution in [0.4, 0.5) is 5.69 Å². The van der Waals surface area contributed by atoms with Crippen molar-refractivity contribution >= 4 is 34.7 Å². The van der Waals surface area contributed by atoms with Crippen LogP contribution in [0.1, 0.15) is 29.8 Å². The molecule has 0 spiro atoms.